The van der Waals surface area contributed by atoms with E-state index in [1.807, 2.05) is 31.2 Å². The normalized spacial score (nSPS) is 12.0. The highest BCUT2D eigenvalue weighted by atomic mass is 32.1. The Kier molecular flexibility index (Phi) is 5.22. The summed E-state index contributed by atoms with van der Waals surface area (Å²) in [5, 5.41) is 0.831. The van der Waals surface area contributed by atoms with E-state index >= 15 is 0 Å². The number of aromatic nitrogens is 3. The number of rotatable bonds is 5. The van der Waals surface area contributed by atoms with Gasteiger partial charge in [0.25, 0.3) is 5.91 Å². The Balaban J connectivity index is 1.61. The zero-order valence-electron chi connectivity index (χ0n) is 14.7. The molecule has 3 rings (SSSR count). The molecule has 0 radical (unpaired) electrons. The molecule has 2 heterocycles. The molecule has 1 aromatic carbocycles. The third-order valence-electron chi connectivity index (χ3n) is 3.96. The fourth-order valence-corrected chi connectivity index (χ4v) is 3.31. The van der Waals surface area contributed by atoms with Crippen LogP contribution in [0.1, 0.15) is 34.2 Å². The number of esters is 1. The molecule has 1 amide bonds. The summed E-state index contributed by atoms with van der Waals surface area (Å²) in [6, 6.07) is 7.59. The number of nitrogens with zero attached hydrogens (tertiary/aromatic N) is 4. The highest BCUT2D eigenvalue weighted by Crippen LogP contribution is 2.28. The fourth-order valence-electron chi connectivity index (χ4n) is 2.25. The standard InChI is InChI=1S/C18H18N4O3S/c1-11-8-20-14(9-19-11)18(24)25-10-16(23)22(3)12(2)17-21-13-6-4-5-7-15(13)26-17/h4-9,12H,10H2,1-3H3/t12-/m0/s1. The maximum Gasteiger partial charge on any atom is 0.359 e. The summed E-state index contributed by atoms with van der Waals surface area (Å²) in [5.41, 5.74) is 1.68. The first kappa shape index (κ1) is 17.9. The molecule has 0 spiro atoms. The van der Waals surface area contributed by atoms with Gasteiger partial charge in [-0.05, 0) is 26.0 Å². The minimum absolute atomic E-state index is 0.0743. The Labute approximate surface area is 154 Å². The van der Waals surface area contributed by atoms with Gasteiger partial charge in [-0.2, -0.15) is 0 Å². The van der Waals surface area contributed by atoms with Crippen molar-refractivity contribution in [1.82, 2.24) is 19.9 Å². The second kappa shape index (κ2) is 7.57. The number of hydrogen-bond donors (Lipinski definition) is 0. The van der Waals surface area contributed by atoms with Gasteiger partial charge in [0.05, 0.1) is 28.1 Å². The van der Waals surface area contributed by atoms with E-state index in [-0.39, 0.29) is 24.2 Å². The smallest absolute Gasteiger partial charge is 0.359 e. The topological polar surface area (TPSA) is 85.3 Å². The van der Waals surface area contributed by atoms with Crippen molar-refractivity contribution in [2.24, 2.45) is 0 Å². The summed E-state index contributed by atoms with van der Waals surface area (Å²) in [5.74, 6) is -0.989. The molecule has 26 heavy (non-hydrogen) atoms. The van der Waals surface area contributed by atoms with Crippen molar-refractivity contribution in [3.05, 3.63) is 53.1 Å². The third kappa shape index (κ3) is 3.85. The number of carbonyl (C=O) groups excluding carboxylic acids is 2. The number of ether oxygens (including phenoxy) is 1. The van der Waals surface area contributed by atoms with Gasteiger partial charge < -0.3 is 9.64 Å². The largest absolute Gasteiger partial charge is 0.451 e. The van der Waals surface area contributed by atoms with Crippen molar-refractivity contribution in [2.45, 2.75) is 19.9 Å². The summed E-state index contributed by atoms with van der Waals surface area (Å²) in [6.07, 6.45) is 2.80. The molecule has 8 heteroatoms. The summed E-state index contributed by atoms with van der Waals surface area (Å²) < 4.78 is 6.12. The van der Waals surface area contributed by atoms with Gasteiger partial charge in [-0.1, -0.05) is 12.1 Å². The second-order valence-corrected chi connectivity index (χ2v) is 6.88. The van der Waals surface area contributed by atoms with Crippen LogP contribution in [0.15, 0.2) is 36.7 Å². The van der Waals surface area contributed by atoms with Crippen LogP contribution in [0.4, 0.5) is 0 Å². The molecule has 7 nitrogen and oxygen atoms in total. The monoisotopic (exact) mass is 370 g/mol. The van der Waals surface area contributed by atoms with Crippen molar-refractivity contribution in [3.63, 3.8) is 0 Å². The molecule has 0 saturated heterocycles. The van der Waals surface area contributed by atoms with Crippen molar-refractivity contribution >= 4 is 33.4 Å². The number of carbonyl (C=O) groups is 2. The number of hydrogen-bond acceptors (Lipinski definition) is 7. The zero-order chi connectivity index (χ0) is 18.7. The van der Waals surface area contributed by atoms with Crippen LogP contribution in [-0.2, 0) is 9.53 Å². The average molecular weight is 370 g/mol. The molecule has 3 aromatic rings. The molecular formula is C18H18N4O3S. The number of benzene rings is 1. The molecule has 0 saturated carbocycles. The fraction of sp³-hybridized carbons (Fsp3) is 0.278. The predicted molar refractivity (Wildman–Crippen MR) is 97.9 cm³/mol. The van der Waals surface area contributed by atoms with Gasteiger partial charge in [0.15, 0.2) is 12.3 Å². The minimum Gasteiger partial charge on any atom is -0.451 e. The van der Waals surface area contributed by atoms with E-state index in [0.717, 1.165) is 15.2 Å². The maximum absolute atomic E-state index is 12.4. The van der Waals surface area contributed by atoms with Crippen molar-refractivity contribution in [3.8, 4) is 0 Å². The van der Waals surface area contributed by atoms with Crippen LogP contribution < -0.4 is 0 Å². The summed E-state index contributed by atoms with van der Waals surface area (Å²) >= 11 is 1.54. The first-order valence-electron chi connectivity index (χ1n) is 8.02. The van der Waals surface area contributed by atoms with Crippen LogP contribution >= 0.6 is 11.3 Å². The van der Waals surface area contributed by atoms with Crippen LogP contribution in [0, 0.1) is 6.92 Å². The second-order valence-electron chi connectivity index (χ2n) is 5.82. The number of amides is 1. The van der Waals surface area contributed by atoms with E-state index in [1.165, 1.54) is 17.3 Å². The quantitative estimate of drug-likeness (QED) is 0.642. The lowest BCUT2D eigenvalue weighted by molar-refractivity contribution is -0.135. The Hall–Kier alpha value is -2.87. The molecule has 0 aliphatic heterocycles. The Bertz CT molecular complexity index is 906. The minimum atomic E-state index is -0.674. The van der Waals surface area contributed by atoms with Gasteiger partial charge in [-0.15, -0.1) is 11.3 Å². The van der Waals surface area contributed by atoms with Gasteiger partial charge >= 0.3 is 5.97 Å². The summed E-state index contributed by atoms with van der Waals surface area (Å²) in [7, 11) is 1.67. The van der Waals surface area contributed by atoms with Gasteiger partial charge in [0.2, 0.25) is 0 Å². The number of aryl methyl sites for hydroxylation is 1. The first-order chi connectivity index (χ1) is 12.5. The number of fused-ring (bicyclic) bond motifs is 1. The molecule has 0 fully saturated rings. The third-order valence-corrected chi connectivity index (χ3v) is 5.17. The Morgan fingerprint density at radius 3 is 2.69 bits per heavy atom. The van der Waals surface area contributed by atoms with Crippen molar-refractivity contribution in [1.29, 1.82) is 0 Å². The highest BCUT2D eigenvalue weighted by molar-refractivity contribution is 7.18. The van der Waals surface area contributed by atoms with E-state index < -0.39 is 5.97 Å². The number of likely N-dealkylation sites (N-methyl/N-ethyl adjacent to an activating group) is 1. The predicted octanol–water partition coefficient (Wildman–Crippen LogP) is 2.77. The maximum atomic E-state index is 12.4. The molecule has 1 atom stereocenters. The van der Waals surface area contributed by atoms with Crippen LogP contribution in [0.3, 0.4) is 0 Å². The zero-order valence-corrected chi connectivity index (χ0v) is 15.5. The van der Waals surface area contributed by atoms with Gasteiger partial charge in [0.1, 0.15) is 5.01 Å². The molecule has 2 aromatic heterocycles. The van der Waals surface area contributed by atoms with E-state index in [0.29, 0.717) is 5.69 Å². The van der Waals surface area contributed by atoms with E-state index in [4.69, 9.17) is 4.74 Å². The van der Waals surface area contributed by atoms with Gasteiger partial charge in [-0.25, -0.2) is 14.8 Å². The lowest BCUT2D eigenvalue weighted by Gasteiger charge is -2.22. The highest BCUT2D eigenvalue weighted by Gasteiger charge is 2.22. The SMILES string of the molecule is Cc1cnc(C(=O)OCC(=O)N(C)[C@@H](C)c2nc3ccccc3s2)cn1. The molecule has 0 bridgehead atoms. The lowest BCUT2D eigenvalue weighted by atomic mass is 10.3. The van der Waals surface area contributed by atoms with Crippen LogP contribution in [-0.4, -0.2) is 45.4 Å². The van der Waals surface area contributed by atoms with Crippen LogP contribution in [0.25, 0.3) is 10.2 Å². The van der Waals surface area contributed by atoms with Gasteiger partial charge in [0, 0.05) is 13.2 Å². The summed E-state index contributed by atoms with van der Waals surface area (Å²) in [4.78, 5) is 38.3. The molecule has 134 valence electrons. The van der Waals surface area contributed by atoms with Crippen molar-refractivity contribution in [2.75, 3.05) is 13.7 Å². The molecule has 0 aliphatic rings. The van der Waals surface area contributed by atoms with E-state index in [1.54, 1.807) is 25.3 Å². The first-order valence-corrected chi connectivity index (χ1v) is 8.84. The Morgan fingerprint density at radius 1 is 1.23 bits per heavy atom. The summed E-state index contributed by atoms with van der Waals surface area (Å²) in [6.45, 7) is 3.30. The average Bonchev–Trinajstić information content (AvgIpc) is 3.09. The Morgan fingerprint density at radius 2 is 2.00 bits per heavy atom. The molecule has 0 aliphatic carbocycles. The number of thiazole rings is 1. The lowest BCUT2D eigenvalue weighted by Crippen LogP contribution is -2.33. The number of para-hydroxylation sites is 1. The van der Waals surface area contributed by atoms with Gasteiger partial charge in [-0.3, -0.25) is 9.78 Å². The van der Waals surface area contributed by atoms with Crippen LogP contribution in [0.5, 0.6) is 0 Å². The van der Waals surface area contributed by atoms with Crippen LogP contribution in [0.2, 0.25) is 0 Å². The van der Waals surface area contributed by atoms with E-state index in [2.05, 4.69) is 15.0 Å². The molecule has 0 N–H and O–H groups in total. The van der Waals surface area contributed by atoms with E-state index in [9.17, 15) is 9.59 Å². The molecule has 0 unspecified atom stereocenters. The molecular weight excluding hydrogens is 352 g/mol. The van der Waals surface area contributed by atoms with Crippen molar-refractivity contribution < 1.29 is 14.3 Å².